The molecule has 1 nitrogen and oxygen atoms in total. The number of hydrogen-bond donors (Lipinski definition) is 1. The molecule has 2 rings (SSSR count). The number of thioether (sulfide) groups is 1. The fourth-order valence-corrected chi connectivity index (χ4v) is 3.06. The highest BCUT2D eigenvalue weighted by atomic mass is 32.2. The van der Waals surface area contributed by atoms with Gasteiger partial charge in [0, 0.05) is 10.6 Å². The van der Waals surface area contributed by atoms with Crippen LogP contribution in [0.25, 0.3) is 0 Å². The molecule has 0 fully saturated rings. The van der Waals surface area contributed by atoms with Crippen LogP contribution in [0.1, 0.15) is 18.1 Å². The van der Waals surface area contributed by atoms with E-state index in [0.717, 1.165) is 29.1 Å². The average Bonchev–Trinajstić information content (AvgIpc) is 2.41. The van der Waals surface area contributed by atoms with Gasteiger partial charge in [-0.05, 0) is 48.2 Å². The zero-order valence-electron chi connectivity index (χ0n) is 10.9. The third-order valence-electron chi connectivity index (χ3n) is 2.99. The van der Waals surface area contributed by atoms with E-state index in [1.165, 1.54) is 17.7 Å². The molecule has 3 heteroatoms. The Labute approximate surface area is 117 Å². The highest BCUT2D eigenvalue weighted by Crippen LogP contribution is 2.27. The molecule has 0 unspecified atom stereocenters. The van der Waals surface area contributed by atoms with Crippen LogP contribution in [0.5, 0.6) is 5.75 Å². The average molecular weight is 276 g/mol. The van der Waals surface area contributed by atoms with E-state index >= 15 is 0 Å². The van der Waals surface area contributed by atoms with Crippen molar-refractivity contribution in [1.29, 1.82) is 0 Å². The van der Waals surface area contributed by atoms with Crippen molar-refractivity contribution in [2.24, 2.45) is 0 Å². The van der Waals surface area contributed by atoms with Gasteiger partial charge in [-0.3, -0.25) is 0 Å². The Morgan fingerprint density at radius 2 is 1.84 bits per heavy atom. The van der Waals surface area contributed by atoms with Gasteiger partial charge in [-0.15, -0.1) is 11.8 Å². The molecule has 0 aliphatic carbocycles. The minimum absolute atomic E-state index is 0.197. The SMILES string of the molecule is CCc1ccc(O)cc1SCCc1ccc(F)cc1. The molecule has 0 amide bonds. The summed E-state index contributed by atoms with van der Waals surface area (Å²) in [6, 6.07) is 12.1. The van der Waals surface area contributed by atoms with E-state index in [1.807, 2.05) is 24.3 Å². The van der Waals surface area contributed by atoms with Gasteiger partial charge in [-0.1, -0.05) is 25.1 Å². The monoisotopic (exact) mass is 276 g/mol. The highest BCUT2D eigenvalue weighted by molar-refractivity contribution is 7.99. The molecule has 0 spiro atoms. The van der Waals surface area contributed by atoms with Gasteiger partial charge < -0.3 is 5.11 Å². The Morgan fingerprint density at radius 1 is 1.11 bits per heavy atom. The van der Waals surface area contributed by atoms with E-state index in [-0.39, 0.29) is 5.82 Å². The molecule has 0 bridgehead atoms. The summed E-state index contributed by atoms with van der Waals surface area (Å²) < 4.78 is 12.8. The molecule has 0 saturated heterocycles. The molecule has 19 heavy (non-hydrogen) atoms. The smallest absolute Gasteiger partial charge is 0.123 e. The second kappa shape index (κ2) is 6.62. The minimum Gasteiger partial charge on any atom is -0.508 e. The van der Waals surface area contributed by atoms with E-state index in [9.17, 15) is 9.50 Å². The highest BCUT2D eigenvalue weighted by Gasteiger charge is 2.03. The van der Waals surface area contributed by atoms with Gasteiger partial charge in [0.2, 0.25) is 0 Å². The zero-order chi connectivity index (χ0) is 13.7. The first-order chi connectivity index (χ1) is 9.19. The van der Waals surface area contributed by atoms with Gasteiger partial charge in [0.25, 0.3) is 0 Å². The first-order valence-electron chi connectivity index (χ1n) is 6.38. The third kappa shape index (κ3) is 4.00. The van der Waals surface area contributed by atoms with Crippen molar-refractivity contribution < 1.29 is 9.50 Å². The van der Waals surface area contributed by atoms with Crippen molar-refractivity contribution in [2.75, 3.05) is 5.75 Å². The van der Waals surface area contributed by atoms with Crippen LogP contribution in [-0.2, 0) is 12.8 Å². The summed E-state index contributed by atoms with van der Waals surface area (Å²) in [6.45, 7) is 2.11. The van der Waals surface area contributed by atoms with E-state index < -0.39 is 0 Å². The van der Waals surface area contributed by atoms with Gasteiger partial charge in [0.15, 0.2) is 0 Å². The number of phenols is 1. The summed E-state index contributed by atoms with van der Waals surface area (Å²) in [7, 11) is 0. The Balaban J connectivity index is 1.95. The predicted octanol–water partition coefficient (Wildman–Crippen LogP) is 4.43. The van der Waals surface area contributed by atoms with Gasteiger partial charge in [0.1, 0.15) is 11.6 Å². The van der Waals surface area contributed by atoms with Crippen molar-refractivity contribution in [2.45, 2.75) is 24.7 Å². The lowest BCUT2D eigenvalue weighted by molar-refractivity contribution is 0.473. The van der Waals surface area contributed by atoms with Crippen molar-refractivity contribution in [3.63, 3.8) is 0 Å². The largest absolute Gasteiger partial charge is 0.508 e. The Morgan fingerprint density at radius 3 is 2.53 bits per heavy atom. The van der Waals surface area contributed by atoms with Crippen molar-refractivity contribution in [3.8, 4) is 5.75 Å². The van der Waals surface area contributed by atoms with Gasteiger partial charge in [0.05, 0.1) is 0 Å². The molecule has 2 aromatic carbocycles. The van der Waals surface area contributed by atoms with Crippen molar-refractivity contribution >= 4 is 11.8 Å². The number of aryl methyl sites for hydroxylation is 2. The molecule has 0 aliphatic rings. The van der Waals surface area contributed by atoms with Crippen LogP contribution in [0.2, 0.25) is 0 Å². The van der Waals surface area contributed by atoms with E-state index in [1.54, 1.807) is 17.8 Å². The number of phenolic OH excluding ortho intramolecular Hbond substituents is 1. The molecule has 0 heterocycles. The van der Waals surface area contributed by atoms with E-state index in [2.05, 4.69) is 6.92 Å². The van der Waals surface area contributed by atoms with Crippen LogP contribution >= 0.6 is 11.8 Å². The number of benzene rings is 2. The maximum atomic E-state index is 12.8. The molecule has 2 aromatic rings. The molecule has 0 aromatic heterocycles. The zero-order valence-corrected chi connectivity index (χ0v) is 11.7. The molecular formula is C16H17FOS. The Kier molecular flexibility index (Phi) is 4.86. The summed E-state index contributed by atoms with van der Waals surface area (Å²) in [6.07, 6.45) is 1.85. The second-order valence-electron chi connectivity index (χ2n) is 4.37. The van der Waals surface area contributed by atoms with Crippen LogP contribution in [0.3, 0.4) is 0 Å². The molecule has 0 atom stereocenters. The molecule has 0 aliphatic heterocycles. The first-order valence-corrected chi connectivity index (χ1v) is 7.36. The number of hydrogen-bond acceptors (Lipinski definition) is 2. The molecule has 1 N–H and O–H groups in total. The predicted molar refractivity (Wildman–Crippen MR) is 78.3 cm³/mol. The lowest BCUT2D eigenvalue weighted by Crippen LogP contribution is -1.91. The van der Waals surface area contributed by atoms with Crippen LogP contribution in [0.15, 0.2) is 47.4 Å². The van der Waals surface area contributed by atoms with E-state index in [4.69, 9.17) is 0 Å². The number of rotatable bonds is 5. The van der Waals surface area contributed by atoms with Gasteiger partial charge >= 0.3 is 0 Å². The van der Waals surface area contributed by atoms with E-state index in [0.29, 0.717) is 5.75 Å². The third-order valence-corrected chi connectivity index (χ3v) is 4.09. The van der Waals surface area contributed by atoms with Crippen molar-refractivity contribution in [3.05, 3.63) is 59.4 Å². The van der Waals surface area contributed by atoms with Crippen LogP contribution in [0, 0.1) is 5.82 Å². The quantitative estimate of drug-likeness (QED) is 0.815. The minimum atomic E-state index is -0.197. The topological polar surface area (TPSA) is 20.2 Å². The van der Waals surface area contributed by atoms with Crippen LogP contribution in [-0.4, -0.2) is 10.9 Å². The Bertz CT molecular complexity index is 537. The summed E-state index contributed by atoms with van der Waals surface area (Å²) >= 11 is 1.73. The van der Waals surface area contributed by atoms with Crippen molar-refractivity contribution in [1.82, 2.24) is 0 Å². The molecule has 0 radical (unpaired) electrons. The second-order valence-corrected chi connectivity index (χ2v) is 5.51. The lowest BCUT2D eigenvalue weighted by Gasteiger charge is -2.08. The maximum Gasteiger partial charge on any atom is 0.123 e. The maximum absolute atomic E-state index is 12.8. The standard InChI is InChI=1S/C16H17FOS/c1-2-13-5-8-15(18)11-16(13)19-10-9-12-3-6-14(17)7-4-12/h3-8,11,18H,2,9-10H2,1H3. The molecular weight excluding hydrogens is 259 g/mol. The fraction of sp³-hybridized carbons (Fsp3) is 0.250. The fourth-order valence-electron chi connectivity index (χ4n) is 1.90. The van der Waals surface area contributed by atoms with Crippen LogP contribution < -0.4 is 0 Å². The summed E-state index contributed by atoms with van der Waals surface area (Å²) in [5.74, 6) is 1.03. The summed E-state index contributed by atoms with van der Waals surface area (Å²) in [4.78, 5) is 1.13. The number of halogens is 1. The first kappa shape index (κ1) is 13.9. The summed E-state index contributed by atoms with van der Waals surface area (Å²) in [5, 5.41) is 9.52. The number of aromatic hydroxyl groups is 1. The lowest BCUT2D eigenvalue weighted by atomic mass is 10.2. The Hall–Kier alpha value is -1.48. The normalized spacial score (nSPS) is 10.6. The van der Waals surface area contributed by atoms with Crippen LogP contribution in [0.4, 0.5) is 4.39 Å². The molecule has 100 valence electrons. The van der Waals surface area contributed by atoms with Gasteiger partial charge in [-0.2, -0.15) is 0 Å². The summed E-state index contributed by atoms with van der Waals surface area (Å²) in [5.41, 5.74) is 2.38. The van der Waals surface area contributed by atoms with Gasteiger partial charge in [-0.25, -0.2) is 4.39 Å². The molecule has 0 saturated carbocycles.